The molecule has 0 aromatic heterocycles. The van der Waals surface area contributed by atoms with Crippen LogP contribution in [0.5, 0.6) is 0 Å². The van der Waals surface area contributed by atoms with E-state index in [1.54, 1.807) is 0 Å². The number of fused-ring (bicyclic) bond motifs is 7. The minimum absolute atomic E-state index is 0.151. The molecule has 0 saturated carbocycles. The normalized spacial score (nSPS) is 17.9. The van der Waals surface area contributed by atoms with Crippen LogP contribution in [0.1, 0.15) is 53.1 Å². The molecular formula is C68H52N2. The molecular weight excluding hydrogens is 845 g/mol. The Morgan fingerprint density at radius 2 is 0.914 bits per heavy atom. The number of hydrogen-bond acceptors (Lipinski definition) is 2. The van der Waals surface area contributed by atoms with Crippen LogP contribution in [0, 0.1) is 5.92 Å². The van der Waals surface area contributed by atoms with Crippen LogP contribution in [0.25, 0.3) is 33.0 Å². The van der Waals surface area contributed by atoms with Crippen LogP contribution in [0.15, 0.2) is 267 Å². The Balaban J connectivity index is 1.08. The van der Waals surface area contributed by atoms with Gasteiger partial charge in [-0.25, -0.2) is 0 Å². The molecule has 13 rings (SSSR count). The van der Waals surface area contributed by atoms with Crippen molar-refractivity contribution in [2.75, 3.05) is 9.80 Å². The number of anilines is 6. The molecule has 2 heteroatoms. The van der Waals surface area contributed by atoms with Crippen LogP contribution in [0.2, 0.25) is 0 Å². The molecule has 70 heavy (non-hydrogen) atoms. The van der Waals surface area contributed by atoms with Crippen molar-refractivity contribution in [1.82, 2.24) is 0 Å². The molecule has 3 aliphatic rings. The summed E-state index contributed by atoms with van der Waals surface area (Å²) in [5, 5.41) is 2.41. The number of hydrogen-bond donors (Lipinski definition) is 0. The van der Waals surface area contributed by atoms with Gasteiger partial charge in [-0.1, -0.05) is 226 Å². The van der Waals surface area contributed by atoms with E-state index in [4.69, 9.17) is 0 Å². The molecule has 10 aromatic carbocycles. The molecule has 2 nitrogen and oxygen atoms in total. The highest BCUT2D eigenvalue weighted by Gasteiger charge is 2.54. The third-order valence-corrected chi connectivity index (χ3v) is 15.6. The minimum Gasteiger partial charge on any atom is -0.310 e. The zero-order valence-corrected chi connectivity index (χ0v) is 39.5. The lowest BCUT2D eigenvalue weighted by atomic mass is 9.62. The Labute approximate surface area is 411 Å². The predicted molar refractivity (Wildman–Crippen MR) is 294 cm³/mol. The lowest BCUT2D eigenvalue weighted by Gasteiger charge is -2.42. The van der Waals surface area contributed by atoms with Gasteiger partial charge in [0, 0.05) is 45.6 Å². The van der Waals surface area contributed by atoms with Crippen molar-refractivity contribution in [2.24, 2.45) is 5.92 Å². The summed E-state index contributed by atoms with van der Waals surface area (Å²) in [4.78, 5) is 5.01. The second-order valence-corrected chi connectivity index (χ2v) is 19.6. The van der Waals surface area contributed by atoms with E-state index in [1.807, 2.05) is 0 Å². The largest absolute Gasteiger partial charge is 0.310 e. The van der Waals surface area contributed by atoms with E-state index in [0.29, 0.717) is 0 Å². The van der Waals surface area contributed by atoms with Gasteiger partial charge < -0.3 is 9.80 Å². The van der Waals surface area contributed by atoms with Crippen molar-refractivity contribution < 1.29 is 0 Å². The van der Waals surface area contributed by atoms with Gasteiger partial charge in [0.25, 0.3) is 0 Å². The molecule has 3 unspecified atom stereocenters. The summed E-state index contributed by atoms with van der Waals surface area (Å²) in [7, 11) is 0. The van der Waals surface area contributed by atoms with Gasteiger partial charge >= 0.3 is 0 Å². The van der Waals surface area contributed by atoms with Crippen LogP contribution in [0.4, 0.5) is 34.1 Å². The van der Waals surface area contributed by atoms with E-state index in [2.05, 4.69) is 291 Å². The zero-order valence-electron chi connectivity index (χ0n) is 39.5. The van der Waals surface area contributed by atoms with E-state index < -0.39 is 5.41 Å². The van der Waals surface area contributed by atoms with E-state index >= 15 is 0 Å². The standard InChI is InChI=1S/C68H52N2/c1-67(2)60-34-15-11-31-56(60)59-43-42-54(46-64(59)67)70(66-39-20-18-37-63(66)68(50-26-7-4-8-27-50)61-35-16-12-32-57(61)58-33-13-17-36-62(58)68)52-29-21-28-51(45-52)69(53-41-40-47-22-9-10-25-49(47)44-53)65-38-19-14-30-55(65)48-23-5-3-6-24-48/h3-46,57,61H,1-2H3. The third-order valence-electron chi connectivity index (χ3n) is 15.6. The first-order valence-electron chi connectivity index (χ1n) is 24.7. The lowest BCUT2D eigenvalue weighted by molar-refractivity contribution is 0.457. The third kappa shape index (κ3) is 6.47. The maximum atomic E-state index is 2.56. The molecule has 0 aliphatic heterocycles. The quantitative estimate of drug-likeness (QED) is 0.142. The Hall–Kier alpha value is -8.46. The second-order valence-electron chi connectivity index (χ2n) is 19.6. The maximum Gasteiger partial charge on any atom is 0.0546 e. The number of para-hydroxylation sites is 2. The second kappa shape index (κ2) is 16.6. The molecule has 0 bridgehead atoms. The molecule has 0 heterocycles. The Kier molecular flexibility index (Phi) is 9.92. The van der Waals surface area contributed by atoms with Crippen molar-refractivity contribution in [3.8, 4) is 22.3 Å². The molecule has 0 amide bonds. The fourth-order valence-corrected chi connectivity index (χ4v) is 12.5. The van der Waals surface area contributed by atoms with Gasteiger partial charge in [0.05, 0.1) is 16.8 Å². The fraction of sp³-hybridized carbons (Fsp3) is 0.0882. The summed E-state index contributed by atoms with van der Waals surface area (Å²) >= 11 is 0. The van der Waals surface area contributed by atoms with Gasteiger partial charge in [0.1, 0.15) is 0 Å². The molecule has 0 saturated heterocycles. The predicted octanol–water partition coefficient (Wildman–Crippen LogP) is 17.9. The highest BCUT2D eigenvalue weighted by molar-refractivity contribution is 5.94. The highest BCUT2D eigenvalue weighted by Crippen LogP contribution is 2.62. The molecule has 0 radical (unpaired) electrons. The highest BCUT2D eigenvalue weighted by atomic mass is 15.2. The summed E-state index contributed by atoms with van der Waals surface area (Å²) < 4.78 is 0. The lowest BCUT2D eigenvalue weighted by Crippen LogP contribution is -2.36. The average molecular weight is 897 g/mol. The van der Waals surface area contributed by atoms with Gasteiger partial charge in [-0.05, 0) is 115 Å². The molecule has 0 fully saturated rings. The number of benzene rings is 10. The number of rotatable bonds is 9. The minimum atomic E-state index is -0.506. The van der Waals surface area contributed by atoms with Gasteiger partial charge in [0.2, 0.25) is 0 Å². The summed E-state index contributed by atoms with van der Waals surface area (Å²) in [5.41, 5.74) is 18.9. The topological polar surface area (TPSA) is 6.48 Å². The van der Waals surface area contributed by atoms with Crippen molar-refractivity contribution in [1.29, 1.82) is 0 Å². The van der Waals surface area contributed by atoms with Crippen molar-refractivity contribution in [2.45, 2.75) is 30.6 Å². The van der Waals surface area contributed by atoms with E-state index in [-0.39, 0.29) is 17.3 Å². The van der Waals surface area contributed by atoms with Crippen molar-refractivity contribution in [3.63, 3.8) is 0 Å². The first-order valence-corrected chi connectivity index (χ1v) is 24.7. The van der Waals surface area contributed by atoms with Gasteiger partial charge in [-0.15, -0.1) is 0 Å². The van der Waals surface area contributed by atoms with Gasteiger partial charge in [0.15, 0.2) is 0 Å². The molecule has 0 spiro atoms. The van der Waals surface area contributed by atoms with Crippen LogP contribution in [-0.2, 0) is 10.8 Å². The van der Waals surface area contributed by atoms with Gasteiger partial charge in [-0.2, -0.15) is 0 Å². The number of nitrogens with zero attached hydrogens (tertiary/aromatic N) is 2. The molecule has 3 aliphatic carbocycles. The van der Waals surface area contributed by atoms with Crippen LogP contribution >= 0.6 is 0 Å². The summed E-state index contributed by atoms with van der Waals surface area (Å²) in [5.74, 6) is 0.378. The average Bonchev–Trinajstić information content (AvgIpc) is 3.85. The van der Waals surface area contributed by atoms with E-state index in [0.717, 1.165) is 39.7 Å². The first kappa shape index (κ1) is 41.7. The van der Waals surface area contributed by atoms with Crippen LogP contribution in [-0.4, -0.2) is 0 Å². The van der Waals surface area contributed by atoms with Gasteiger partial charge in [-0.3, -0.25) is 0 Å². The number of allylic oxidation sites excluding steroid dienone is 4. The molecule has 3 atom stereocenters. The molecule has 334 valence electrons. The Morgan fingerprint density at radius 3 is 1.71 bits per heavy atom. The van der Waals surface area contributed by atoms with Crippen molar-refractivity contribution in [3.05, 3.63) is 300 Å². The zero-order chi connectivity index (χ0) is 46.8. The molecule has 0 N–H and O–H groups in total. The first-order chi connectivity index (χ1) is 34.5. The van der Waals surface area contributed by atoms with E-state index in [9.17, 15) is 0 Å². The maximum absolute atomic E-state index is 2.56. The Bertz CT molecular complexity index is 3680. The summed E-state index contributed by atoms with van der Waals surface area (Å²) in [6.07, 6.45) is 9.40. The SMILES string of the molecule is CC1(C)c2ccccc2-c2ccc(N(c3cccc(N(c4ccc5ccccc5c4)c4ccccc4-c4ccccc4)c3)c3ccccc3C3(c4ccccc4)c4ccccc4C4C=CC=CC43)cc21. The Morgan fingerprint density at radius 1 is 0.357 bits per heavy atom. The fourth-order valence-electron chi connectivity index (χ4n) is 12.5. The monoisotopic (exact) mass is 896 g/mol. The van der Waals surface area contributed by atoms with Crippen LogP contribution in [0.3, 0.4) is 0 Å². The summed E-state index contributed by atoms with van der Waals surface area (Å²) in [6.45, 7) is 4.77. The van der Waals surface area contributed by atoms with Crippen LogP contribution < -0.4 is 9.80 Å². The van der Waals surface area contributed by atoms with E-state index in [1.165, 1.54) is 60.8 Å². The summed E-state index contributed by atoms with van der Waals surface area (Å²) in [6, 6.07) is 90.3. The smallest absolute Gasteiger partial charge is 0.0546 e. The molecule has 10 aromatic rings. The van der Waals surface area contributed by atoms with Crippen molar-refractivity contribution >= 4 is 44.9 Å².